The van der Waals surface area contributed by atoms with Crippen molar-refractivity contribution in [1.82, 2.24) is 10.4 Å². The van der Waals surface area contributed by atoms with E-state index in [0.717, 1.165) is 17.0 Å². The predicted molar refractivity (Wildman–Crippen MR) is 88.6 cm³/mol. The van der Waals surface area contributed by atoms with Crippen molar-refractivity contribution in [3.63, 3.8) is 0 Å². The van der Waals surface area contributed by atoms with Crippen molar-refractivity contribution < 1.29 is 9.53 Å². The van der Waals surface area contributed by atoms with Crippen LogP contribution in [0.25, 0.3) is 0 Å². The Kier molecular flexibility index (Phi) is 5.16. The third-order valence-corrected chi connectivity index (χ3v) is 4.58. The van der Waals surface area contributed by atoms with Crippen LogP contribution in [0.3, 0.4) is 0 Å². The van der Waals surface area contributed by atoms with Crippen LogP contribution in [0.15, 0.2) is 41.2 Å². The first kappa shape index (κ1) is 16.9. The van der Waals surface area contributed by atoms with Crippen LogP contribution in [0.5, 0.6) is 0 Å². The molecule has 2 rings (SSSR count). The molecule has 0 aliphatic carbocycles. The molecule has 1 N–H and O–H groups in total. The number of nitrogens with zero attached hydrogens (tertiary/aromatic N) is 1. The summed E-state index contributed by atoms with van der Waals surface area (Å²) in [4.78, 5) is 12.3. The summed E-state index contributed by atoms with van der Waals surface area (Å²) in [5.41, 5.74) is 6.11. The van der Waals surface area contributed by atoms with Crippen molar-refractivity contribution in [3.05, 3.63) is 56.9 Å². The molecule has 1 unspecified atom stereocenters. The van der Waals surface area contributed by atoms with E-state index in [4.69, 9.17) is 27.9 Å². The summed E-state index contributed by atoms with van der Waals surface area (Å²) in [7, 11) is 3.16. The van der Waals surface area contributed by atoms with Crippen molar-refractivity contribution in [2.24, 2.45) is 0 Å². The third-order valence-electron chi connectivity index (χ3n) is 3.74. The second-order valence-electron chi connectivity index (χ2n) is 4.98. The molecule has 0 fully saturated rings. The van der Waals surface area contributed by atoms with Crippen molar-refractivity contribution in [2.45, 2.75) is 19.8 Å². The normalized spacial score (nSPS) is 18.4. The Morgan fingerprint density at radius 3 is 2.59 bits per heavy atom. The maximum Gasteiger partial charge on any atom is 0.336 e. The lowest BCUT2D eigenvalue weighted by Gasteiger charge is -2.34. The smallest absolute Gasteiger partial charge is 0.336 e. The fourth-order valence-corrected chi connectivity index (χ4v) is 3.17. The first-order valence-electron chi connectivity index (χ1n) is 6.81. The minimum Gasteiger partial charge on any atom is -0.466 e. The van der Waals surface area contributed by atoms with Crippen molar-refractivity contribution in [1.29, 1.82) is 0 Å². The monoisotopic (exact) mass is 340 g/mol. The molecule has 0 saturated carbocycles. The highest BCUT2D eigenvalue weighted by atomic mass is 35.5. The molecule has 0 spiro atoms. The number of hydrazine groups is 1. The van der Waals surface area contributed by atoms with Crippen molar-refractivity contribution in [2.75, 3.05) is 14.2 Å². The van der Waals surface area contributed by atoms with Gasteiger partial charge in [-0.1, -0.05) is 41.4 Å². The highest BCUT2D eigenvalue weighted by molar-refractivity contribution is 6.42. The number of rotatable bonds is 3. The summed E-state index contributed by atoms with van der Waals surface area (Å²) < 4.78 is 4.95. The van der Waals surface area contributed by atoms with Gasteiger partial charge in [0.2, 0.25) is 0 Å². The lowest BCUT2D eigenvalue weighted by molar-refractivity contribution is -0.136. The number of hydrogen-bond donors (Lipinski definition) is 1. The highest BCUT2D eigenvalue weighted by Crippen LogP contribution is 2.40. The van der Waals surface area contributed by atoms with E-state index in [9.17, 15) is 4.79 Å². The number of nitrogens with one attached hydrogen (secondary N) is 1. The zero-order chi connectivity index (χ0) is 16.4. The standard InChI is InChI=1S/C16H18Cl2N2O2/c1-9-8-12(11-6-5-7-13(17)15(11)18)14(16(21)22-4)10(2)20(9)19-3/h5-8,12,19H,1-4H3. The topological polar surface area (TPSA) is 41.6 Å². The van der Waals surface area contributed by atoms with E-state index in [1.54, 1.807) is 13.1 Å². The van der Waals surface area contributed by atoms with Gasteiger partial charge >= 0.3 is 5.97 Å². The molecule has 0 aromatic heterocycles. The fourth-order valence-electron chi connectivity index (χ4n) is 2.74. The lowest BCUT2D eigenvalue weighted by atomic mass is 9.86. The number of carbonyl (C=O) groups excluding carboxylic acids is 1. The minimum absolute atomic E-state index is 0.303. The Morgan fingerprint density at radius 1 is 1.32 bits per heavy atom. The van der Waals surface area contributed by atoms with E-state index in [2.05, 4.69) is 5.43 Å². The van der Waals surface area contributed by atoms with Crippen LogP contribution in [0.4, 0.5) is 0 Å². The summed E-state index contributed by atoms with van der Waals surface area (Å²) in [5, 5.41) is 2.75. The number of hydrogen-bond acceptors (Lipinski definition) is 4. The molecule has 118 valence electrons. The second-order valence-corrected chi connectivity index (χ2v) is 5.76. The van der Waals surface area contributed by atoms with Gasteiger partial charge in [-0.2, -0.15) is 0 Å². The summed E-state index contributed by atoms with van der Waals surface area (Å²) in [6.45, 7) is 3.82. The van der Waals surface area contributed by atoms with Gasteiger partial charge < -0.3 is 4.74 Å². The van der Waals surface area contributed by atoms with E-state index in [1.165, 1.54) is 7.11 Å². The second kappa shape index (κ2) is 6.73. The van der Waals surface area contributed by atoms with E-state index in [-0.39, 0.29) is 11.9 Å². The van der Waals surface area contributed by atoms with Gasteiger partial charge in [0, 0.05) is 24.4 Å². The van der Waals surface area contributed by atoms with Gasteiger partial charge in [0.25, 0.3) is 0 Å². The predicted octanol–water partition coefficient (Wildman–Crippen LogP) is 3.88. The molecule has 1 heterocycles. The number of halogens is 2. The Bertz CT molecular complexity index is 668. The number of ether oxygens (including phenoxy) is 1. The van der Waals surface area contributed by atoms with Crippen LogP contribution in [0, 0.1) is 0 Å². The maximum absolute atomic E-state index is 12.3. The molecule has 0 amide bonds. The summed E-state index contributed by atoms with van der Waals surface area (Å²) >= 11 is 12.5. The molecule has 6 heteroatoms. The molecule has 1 aromatic carbocycles. The van der Waals surface area contributed by atoms with Gasteiger partial charge in [-0.3, -0.25) is 5.01 Å². The molecule has 22 heavy (non-hydrogen) atoms. The zero-order valence-electron chi connectivity index (χ0n) is 12.9. The molecule has 4 nitrogen and oxygen atoms in total. The fraction of sp³-hybridized carbons (Fsp3) is 0.312. The average molecular weight is 341 g/mol. The Balaban J connectivity index is 2.64. The Morgan fingerprint density at radius 2 is 2.00 bits per heavy atom. The summed E-state index contributed by atoms with van der Waals surface area (Å²) in [6.07, 6.45) is 1.97. The van der Waals surface area contributed by atoms with Gasteiger partial charge in [-0.05, 0) is 25.5 Å². The maximum atomic E-state index is 12.3. The largest absolute Gasteiger partial charge is 0.466 e. The first-order chi connectivity index (χ1) is 10.4. The first-order valence-corrected chi connectivity index (χ1v) is 7.56. The quantitative estimate of drug-likeness (QED) is 0.848. The molecule has 1 aliphatic heterocycles. The number of carbonyl (C=O) groups is 1. The molecule has 1 atom stereocenters. The van der Waals surface area contributed by atoms with Crippen LogP contribution in [-0.4, -0.2) is 25.1 Å². The van der Waals surface area contributed by atoms with Crippen LogP contribution < -0.4 is 5.43 Å². The zero-order valence-corrected chi connectivity index (χ0v) is 14.4. The van der Waals surface area contributed by atoms with Crippen LogP contribution in [0.1, 0.15) is 25.3 Å². The minimum atomic E-state index is -0.387. The van der Waals surface area contributed by atoms with E-state index in [1.807, 2.05) is 37.1 Å². The molecule has 0 radical (unpaired) electrons. The summed E-state index contributed by atoms with van der Waals surface area (Å²) in [6, 6.07) is 5.41. The average Bonchev–Trinajstić information content (AvgIpc) is 2.49. The summed E-state index contributed by atoms with van der Waals surface area (Å²) in [5.74, 6) is -0.689. The van der Waals surface area contributed by atoms with E-state index < -0.39 is 0 Å². The number of benzene rings is 1. The van der Waals surface area contributed by atoms with Gasteiger partial charge in [-0.25, -0.2) is 10.2 Å². The molecular formula is C16H18Cl2N2O2. The Labute approximate surface area is 140 Å². The number of esters is 1. The molecule has 1 aliphatic rings. The van der Waals surface area contributed by atoms with Crippen molar-refractivity contribution in [3.8, 4) is 0 Å². The van der Waals surface area contributed by atoms with Crippen molar-refractivity contribution >= 4 is 29.2 Å². The van der Waals surface area contributed by atoms with E-state index in [0.29, 0.717) is 15.6 Å². The van der Waals surface area contributed by atoms with Crippen LogP contribution in [-0.2, 0) is 9.53 Å². The van der Waals surface area contributed by atoms with Gasteiger partial charge in [0.1, 0.15) is 0 Å². The van der Waals surface area contributed by atoms with Crippen LogP contribution in [0.2, 0.25) is 10.0 Å². The molecule has 0 bridgehead atoms. The lowest BCUT2D eigenvalue weighted by Crippen LogP contribution is -2.37. The highest BCUT2D eigenvalue weighted by Gasteiger charge is 2.32. The molecule has 1 aromatic rings. The van der Waals surface area contributed by atoms with Gasteiger partial charge in [0.15, 0.2) is 0 Å². The number of allylic oxidation sites excluding steroid dienone is 3. The Hall–Kier alpha value is -1.49. The van der Waals surface area contributed by atoms with Crippen LogP contribution >= 0.6 is 23.2 Å². The SMILES string of the molecule is CNN1C(C)=CC(c2cccc(Cl)c2Cl)C(C(=O)OC)=C1C. The van der Waals surface area contributed by atoms with Gasteiger partial charge in [-0.15, -0.1) is 0 Å². The van der Waals surface area contributed by atoms with Gasteiger partial charge in [0.05, 0.1) is 22.7 Å². The third kappa shape index (κ3) is 2.86. The molecule has 0 saturated heterocycles. The number of methoxy groups -OCH3 is 1. The van der Waals surface area contributed by atoms with E-state index >= 15 is 0 Å². The molecular weight excluding hydrogens is 323 g/mol.